The number of amides is 2. The maximum Gasteiger partial charge on any atom is 0.233 e. The number of hydrogen-bond acceptors (Lipinski definition) is 7. The fraction of sp³-hybridized carbons (Fsp3) is 0.700. The first-order valence-electron chi connectivity index (χ1n) is 14.9. The van der Waals surface area contributed by atoms with Gasteiger partial charge in [0.2, 0.25) is 11.8 Å². The number of imide groups is 1. The summed E-state index contributed by atoms with van der Waals surface area (Å²) in [5.74, 6) is 1.84. The lowest BCUT2D eigenvalue weighted by Crippen LogP contribution is -2.49. The molecule has 1 aromatic carbocycles. The van der Waals surface area contributed by atoms with Crippen molar-refractivity contribution in [3.63, 3.8) is 0 Å². The topological polar surface area (TPSA) is 77.0 Å². The molecule has 5 aliphatic rings. The van der Waals surface area contributed by atoms with Crippen molar-refractivity contribution in [1.29, 1.82) is 0 Å². The predicted octanol–water partition coefficient (Wildman–Crippen LogP) is 4.01. The second-order valence-electron chi connectivity index (χ2n) is 12.7. The molecule has 2 saturated heterocycles. The maximum atomic E-state index is 13.6. The van der Waals surface area contributed by atoms with E-state index in [1.807, 2.05) is 6.92 Å². The van der Waals surface area contributed by atoms with Crippen molar-refractivity contribution >= 4 is 39.3 Å². The summed E-state index contributed by atoms with van der Waals surface area (Å²) in [6, 6.07) is 8.50. The van der Waals surface area contributed by atoms with E-state index in [9.17, 15) is 14.7 Å². The number of rotatable bonds is 6. The van der Waals surface area contributed by atoms with Crippen LogP contribution in [0.1, 0.15) is 51.9 Å². The van der Waals surface area contributed by atoms with Crippen LogP contribution in [0.25, 0.3) is 10.1 Å². The standard InChI is InChI=1S/C30H40N4O3S/c1-2-30(37)16-21-15-23(30)26-25(21)28(35)34(29(26)36)18-20-8-4-3-7-19(20)17-32-11-13-33(14-12-32)27-22-9-5-6-10-24(22)38-31-27/h5-6,9-10,19-21,23,25-26,37H,2-4,7-8,11-18H2,1H3/t19-,20-,21+,23+,25+,26-,30+/m0/s1. The highest BCUT2D eigenvalue weighted by Crippen LogP contribution is 2.61. The van der Waals surface area contributed by atoms with Crippen LogP contribution in [0.5, 0.6) is 0 Å². The quantitative estimate of drug-likeness (QED) is 0.563. The van der Waals surface area contributed by atoms with E-state index in [2.05, 4.69) is 34.1 Å². The molecule has 2 bridgehead atoms. The van der Waals surface area contributed by atoms with E-state index >= 15 is 0 Å². The van der Waals surface area contributed by atoms with Crippen LogP contribution in [0.3, 0.4) is 0 Å². The summed E-state index contributed by atoms with van der Waals surface area (Å²) < 4.78 is 6.01. The zero-order valence-electron chi connectivity index (χ0n) is 22.4. The number of benzene rings is 1. The summed E-state index contributed by atoms with van der Waals surface area (Å²) in [5, 5.41) is 12.4. The molecule has 2 aliphatic heterocycles. The molecule has 0 unspecified atom stereocenters. The zero-order chi connectivity index (χ0) is 26.0. The Morgan fingerprint density at radius 1 is 1.00 bits per heavy atom. The molecule has 3 aliphatic carbocycles. The Balaban J connectivity index is 0.991. The molecule has 38 heavy (non-hydrogen) atoms. The van der Waals surface area contributed by atoms with Gasteiger partial charge in [-0.2, -0.15) is 4.37 Å². The van der Waals surface area contributed by atoms with Gasteiger partial charge in [-0.05, 0) is 73.5 Å². The van der Waals surface area contributed by atoms with Crippen LogP contribution in [-0.2, 0) is 9.59 Å². The molecular weight excluding hydrogens is 496 g/mol. The molecule has 1 N–H and O–H groups in total. The van der Waals surface area contributed by atoms with Crippen molar-refractivity contribution in [3.05, 3.63) is 24.3 Å². The largest absolute Gasteiger partial charge is 0.390 e. The van der Waals surface area contributed by atoms with Gasteiger partial charge in [-0.25, -0.2) is 0 Å². The molecule has 2 aromatic rings. The molecule has 7 rings (SSSR count). The normalized spacial score (nSPS) is 37.5. The van der Waals surface area contributed by atoms with Gasteiger partial charge in [0.05, 0.1) is 22.1 Å². The Morgan fingerprint density at radius 3 is 2.47 bits per heavy atom. The maximum absolute atomic E-state index is 13.6. The van der Waals surface area contributed by atoms with Crippen molar-refractivity contribution in [2.45, 2.75) is 57.5 Å². The molecular formula is C30H40N4O3S. The highest BCUT2D eigenvalue weighted by molar-refractivity contribution is 7.13. The summed E-state index contributed by atoms with van der Waals surface area (Å²) in [6.07, 6.45) is 6.94. The number of aromatic nitrogens is 1. The van der Waals surface area contributed by atoms with E-state index in [-0.39, 0.29) is 35.5 Å². The third-order valence-electron chi connectivity index (χ3n) is 10.9. The molecule has 7 nitrogen and oxygen atoms in total. The highest BCUT2D eigenvalue weighted by Gasteiger charge is 2.67. The molecule has 1 aromatic heterocycles. The van der Waals surface area contributed by atoms with Crippen molar-refractivity contribution in [1.82, 2.24) is 14.2 Å². The van der Waals surface area contributed by atoms with Gasteiger partial charge in [-0.1, -0.05) is 31.9 Å². The monoisotopic (exact) mass is 536 g/mol. The van der Waals surface area contributed by atoms with E-state index in [0.717, 1.165) is 51.4 Å². The zero-order valence-corrected chi connectivity index (χ0v) is 23.2. The van der Waals surface area contributed by atoms with Gasteiger partial charge in [-0.15, -0.1) is 0 Å². The first-order valence-corrected chi connectivity index (χ1v) is 15.6. The van der Waals surface area contributed by atoms with Gasteiger partial charge >= 0.3 is 0 Å². The average molecular weight is 537 g/mol. The number of fused-ring (bicyclic) bond motifs is 6. The van der Waals surface area contributed by atoms with Crippen LogP contribution in [0.2, 0.25) is 0 Å². The van der Waals surface area contributed by atoms with Gasteiger partial charge in [0.1, 0.15) is 5.82 Å². The Labute approximate surface area is 229 Å². The lowest BCUT2D eigenvalue weighted by atomic mass is 9.71. The van der Waals surface area contributed by atoms with E-state index in [1.165, 1.54) is 29.3 Å². The van der Waals surface area contributed by atoms with Crippen LogP contribution in [0.4, 0.5) is 5.82 Å². The number of hydrogen-bond donors (Lipinski definition) is 1. The molecule has 0 spiro atoms. The van der Waals surface area contributed by atoms with Gasteiger partial charge in [0.15, 0.2) is 0 Å². The summed E-state index contributed by atoms with van der Waals surface area (Å²) in [5.41, 5.74) is -0.752. The smallest absolute Gasteiger partial charge is 0.233 e. The minimum atomic E-state index is -0.752. The van der Waals surface area contributed by atoms with E-state index in [0.29, 0.717) is 31.2 Å². The Morgan fingerprint density at radius 2 is 1.71 bits per heavy atom. The van der Waals surface area contributed by atoms with Gasteiger partial charge in [0.25, 0.3) is 0 Å². The van der Waals surface area contributed by atoms with E-state index in [4.69, 9.17) is 4.37 Å². The first kappa shape index (κ1) is 25.0. The van der Waals surface area contributed by atoms with Crippen molar-refractivity contribution in [2.75, 3.05) is 44.2 Å². The summed E-state index contributed by atoms with van der Waals surface area (Å²) >= 11 is 1.58. The number of carbonyl (C=O) groups excluding carboxylic acids is 2. The lowest BCUT2D eigenvalue weighted by Gasteiger charge is -2.40. The van der Waals surface area contributed by atoms with Gasteiger partial charge in [-0.3, -0.25) is 19.4 Å². The second kappa shape index (κ2) is 9.56. The average Bonchev–Trinajstić information content (AvgIpc) is 3.68. The molecule has 5 fully saturated rings. The Kier molecular flexibility index (Phi) is 6.28. The number of piperazine rings is 1. The van der Waals surface area contributed by atoms with Gasteiger partial charge < -0.3 is 10.0 Å². The van der Waals surface area contributed by atoms with E-state index < -0.39 is 5.60 Å². The van der Waals surface area contributed by atoms with Crippen LogP contribution in [0.15, 0.2) is 24.3 Å². The van der Waals surface area contributed by atoms with Crippen molar-refractivity contribution in [3.8, 4) is 0 Å². The number of anilines is 1. The Hall–Kier alpha value is -2.03. The molecule has 3 saturated carbocycles. The van der Waals surface area contributed by atoms with Crippen molar-refractivity contribution < 1.29 is 14.7 Å². The lowest BCUT2D eigenvalue weighted by molar-refractivity contribution is -0.142. The molecule has 2 amide bonds. The summed E-state index contributed by atoms with van der Waals surface area (Å²) in [6.45, 7) is 7.69. The molecule has 0 radical (unpaired) electrons. The molecule has 204 valence electrons. The number of carbonyl (C=O) groups is 2. The number of aliphatic hydroxyl groups is 1. The molecule has 3 heterocycles. The Bertz CT molecular complexity index is 1230. The number of likely N-dealkylation sites (tertiary alicyclic amines) is 1. The second-order valence-corrected chi connectivity index (χ2v) is 13.5. The minimum absolute atomic E-state index is 0.0208. The fourth-order valence-corrected chi connectivity index (χ4v) is 9.64. The summed E-state index contributed by atoms with van der Waals surface area (Å²) in [4.78, 5) is 33.7. The summed E-state index contributed by atoms with van der Waals surface area (Å²) in [7, 11) is 0. The third-order valence-corrected chi connectivity index (χ3v) is 11.7. The van der Waals surface area contributed by atoms with Crippen LogP contribution >= 0.6 is 11.5 Å². The molecule has 8 heteroatoms. The van der Waals surface area contributed by atoms with Crippen LogP contribution in [0, 0.1) is 35.5 Å². The van der Waals surface area contributed by atoms with Crippen LogP contribution < -0.4 is 4.90 Å². The third kappa shape index (κ3) is 3.93. The number of nitrogens with zero attached hydrogens (tertiary/aromatic N) is 4. The fourth-order valence-electron chi connectivity index (χ4n) is 8.84. The minimum Gasteiger partial charge on any atom is -0.390 e. The SMILES string of the molecule is CC[C@@]1(O)C[C@H]2C[C@@H]1[C@@H]1C(=O)N(C[C@@H]3CCCC[C@H]3CN3CCN(c4nsc5ccccc45)CC3)C(=O)[C@H]21. The van der Waals surface area contributed by atoms with Crippen LogP contribution in [-0.4, -0.2) is 76.0 Å². The molecule has 7 atom stereocenters. The predicted molar refractivity (Wildman–Crippen MR) is 149 cm³/mol. The highest BCUT2D eigenvalue weighted by atomic mass is 32.1. The first-order chi connectivity index (χ1) is 18.5. The van der Waals surface area contributed by atoms with Crippen molar-refractivity contribution in [2.24, 2.45) is 35.5 Å². The van der Waals surface area contributed by atoms with Gasteiger partial charge in [0, 0.05) is 50.6 Å². The van der Waals surface area contributed by atoms with E-state index in [1.54, 1.807) is 16.4 Å².